The van der Waals surface area contributed by atoms with E-state index < -0.39 is 97.5 Å². The zero-order chi connectivity index (χ0) is 64.2. The summed E-state index contributed by atoms with van der Waals surface area (Å²) in [5.74, 6) is -1.50. The van der Waals surface area contributed by atoms with E-state index in [0.29, 0.717) is 31.6 Å². The van der Waals surface area contributed by atoms with Gasteiger partial charge in [0.2, 0.25) is 0 Å². The van der Waals surface area contributed by atoms with Crippen molar-refractivity contribution in [2.24, 2.45) is 5.92 Å². The fourth-order valence-corrected chi connectivity index (χ4v) is 11.3. The van der Waals surface area contributed by atoms with Gasteiger partial charge in [0.1, 0.15) is 19.3 Å². The summed E-state index contributed by atoms with van der Waals surface area (Å²) in [4.78, 5) is 72.1. The van der Waals surface area contributed by atoms with Crippen LogP contribution in [-0.2, 0) is 65.4 Å². The van der Waals surface area contributed by atoms with Crippen LogP contribution >= 0.6 is 15.6 Å². The van der Waals surface area contributed by atoms with Gasteiger partial charge in [0.15, 0.2) is 12.2 Å². The quantitative estimate of drug-likeness (QED) is 0.0169. The van der Waals surface area contributed by atoms with Gasteiger partial charge in [-0.05, 0) is 57.3 Å². The Morgan fingerprint density at radius 2 is 0.621 bits per heavy atom. The molecule has 3 N–H and O–H groups in total. The first-order valence-corrected chi connectivity index (χ1v) is 37.9. The molecule has 0 aliphatic carbocycles. The largest absolute Gasteiger partial charge is 0.472 e. The van der Waals surface area contributed by atoms with Crippen LogP contribution < -0.4 is 0 Å². The molecule has 0 saturated carbocycles. The van der Waals surface area contributed by atoms with Crippen LogP contribution in [0.25, 0.3) is 0 Å². The zero-order valence-corrected chi connectivity index (χ0v) is 57.4. The van der Waals surface area contributed by atoms with E-state index in [9.17, 15) is 43.2 Å². The van der Waals surface area contributed by atoms with Gasteiger partial charge in [-0.25, -0.2) is 9.13 Å². The topological polar surface area (TPSA) is 237 Å². The molecule has 0 aromatic rings. The number of carbonyl (C=O) groups excluding carboxylic acids is 4. The van der Waals surface area contributed by atoms with Crippen molar-refractivity contribution >= 4 is 39.5 Å². The Kier molecular flexibility index (Phi) is 59.3. The van der Waals surface area contributed by atoms with E-state index in [1.807, 2.05) is 0 Å². The summed E-state index contributed by atoms with van der Waals surface area (Å²) in [6, 6.07) is 0. The Morgan fingerprint density at radius 1 is 0.356 bits per heavy atom. The van der Waals surface area contributed by atoms with Crippen molar-refractivity contribution in [3.8, 4) is 0 Å². The van der Waals surface area contributed by atoms with Crippen molar-refractivity contribution in [1.82, 2.24) is 0 Å². The first-order valence-electron chi connectivity index (χ1n) is 35.0. The van der Waals surface area contributed by atoms with Gasteiger partial charge in [-0.15, -0.1) is 0 Å². The number of aliphatic hydroxyl groups is 1. The molecular formula is C68H128O17P2. The average Bonchev–Trinajstić information content (AvgIpc) is 3.53. The molecule has 0 saturated heterocycles. The summed E-state index contributed by atoms with van der Waals surface area (Å²) in [5, 5.41) is 10.5. The molecule has 17 nitrogen and oxygen atoms in total. The van der Waals surface area contributed by atoms with Gasteiger partial charge < -0.3 is 33.8 Å². The van der Waals surface area contributed by atoms with Crippen LogP contribution in [0.15, 0.2) is 24.3 Å². The smallest absolute Gasteiger partial charge is 0.462 e. The molecule has 0 bridgehead atoms. The standard InChI is InChI=1S/C68H128O17P2/c1-6-9-12-15-17-19-21-23-25-26-27-29-31-33-35-37-43-48-53-67(72)84-64(58-79-66(71)52-47-42-36-34-32-30-28-24-22-20-18-16-13-10-7-2)60-83-87(76,77)81-56-62(69)55-80-86(74,75)82-59-63(57-78-65(70)51-46-40-14-11-8-3)85-68(73)54-49-44-39-38-41-45-50-61(4)5/h20,22,24,28,61-64,69H,6-19,21,23,25-27,29-60H2,1-5H3,(H,74,75)(H,76,77)/b22-20-,28-24-/t62-,63+,64+/m0/s1. The van der Waals surface area contributed by atoms with Crippen molar-refractivity contribution in [2.45, 2.75) is 342 Å². The lowest BCUT2D eigenvalue weighted by molar-refractivity contribution is -0.161. The average molecular weight is 1280 g/mol. The number of hydrogen-bond acceptors (Lipinski definition) is 15. The zero-order valence-electron chi connectivity index (χ0n) is 55.6. The maximum atomic E-state index is 13.0. The third kappa shape index (κ3) is 62.1. The van der Waals surface area contributed by atoms with E-state index in [1.54, 1.807) is 0 Å². The monoisotopic (exact) mass is 1280 g/mol. The number of hydrogen-bond donors (Lipinski definition) is 3. The molecule has 0 spiro atoms. The minimum atomic E-state index is -4.95. The second kappa shape index (κ2) is 61.1. The van der Waals surface area contributed by atoms with Crippen LogP contribution in [0.2, 0.25) is 0 Å². The van der Waals surface area contributed by atoms with Crippen molar-refractivity contribution in [1.29, 1.82) is 0 Å². The molecule has 0 aromatic carbocycles. The van der Waals surface area contributed by atoms with Crippen molar-refractivity contribution in [3.63, 3.8) is 0 Å². The van der Waals surface area contributed by atoms with Crippen molar-refractivity contribution in [3.05, 3.63) is 24.3 Å². The number of carbonyl (C=O) groups is 4. The Hall–Kier alpha value is -2.46. The summed E-state index contributed by atoms with van der Waals surface area (Å²) in [7, 11) is -9.89. The maximum Gasteiger partial charge on any atom is 0.472 e. The molecule has 87 heavy (non-hydrogen) atoms. The number of unbranched alkanes of at least 4 members (excludes halogenated alkanes) is 35. The minimum absolute atomic E-state index is 0.0990. The second-order valence-electron chi connectivity index (χ2n) is 24.4. The summed E-state index contributed by atoms with van der Waals surface area (Å²) >= 11 is 0. The number of esters is 4. The Labute approximate surface area is 529 Å². The predicted octanol–water partition coefficient (Wildman–Crippen LogP) is 18.9. The van der Waals surface area contributed by atoms with E-state index in [1.165, 1.54) is 122 Å². The molecule has 512 valence electrons. The highest BCUT2D eigenvalue weighted by Crippen LogP contribution is 2.45. The molecule has 0 fully saturated rings. The molecule has 19 heteroatoms. The lowest BCUT2D eigenvalue weighted by Gasteiger charge is -2.21. The fraction of sp³-hybridized carbons (Fsp3) is 0.882. The Morgan fingerprint density at radius 3 is 0.943 bits per heavy atom. The van der Waals surface area contributed by atoms with Crippen LogP contribution in [0.5, 0.6) is 0 Å². The van der Waals surface area contributed by atoms with Crippen LogP contribution in [0, 0.1) is 5.92 Å². The molecular weight excluding hydrogens is 1150 g/mol. The molecule has 0 radical (unpaired) electrons. The van der Waals surface area contributed by atoms with Gasteiger partial charge in [0.25, 0.3) is 0 Å². The van der Waals surface area contributed by atoms with Crippen LogP contribution in [0.3, 0.4) is 0 Å². The lowest BCUT2D eigenvalue weighted by atomic mass is 10.0. The van der Waals surface area contributed by atoms with Gasteiger partial charge in [-0.1, -0.05) is 271 Å². The molecule has 0 amide bonds. The van der Waals surface area contributed by atoms with Gasteiger partial charge in [0, 0.05) is 25.7 Å². The maximum absolute atomic E-state index is 13.0. The van der Waals surface area contributed by atoms with Crippen LogP contribution in [-0.4, -0.2) is 96.7 Å². The highest BCUT2D eigenvalue weighted by Gasteiger charge is 2.30. The van der Waals surface area contributed by atoms with Crippen molar-refractivity contribution < 1.29 is 80.2 Å². The summed E-state index contributed by atoms with van der Waals surface area (Å²) in [6.45, 7) is 6.97. The normalized spacial score (nSPS) is 14.3. The third-order valence-electron chi connectivity index (χ3n) is 15.2. The number of aliphatic hydroxyl groups excluding tert-OH is 1. The summed E-state index contributed by atoms with van der Waals surface area (Å²) in [6.07, 6.45) is 50.1. The van der Waals surface area contributed by atoms with E-state index in [-0.39, 0.29) is 25.7 Å². The minimum Gasteiger partial charge on any atom is -0.462 e. The van der Waals surface area contributed by atoms with E-state index >= 15 is 0 Å². The first-order chi connectivity index (χ1) is 42.0. The Bertz CT molecular complexity index is 1780. The molecule has 0 aliphatic rings. The number of allylic oxidation sites excluding steroid dienone is 4. The third-order valence-corrected chi connectivity index (χ3v) is 17.1. The highest BCUT2D eigenvalue weighted by molar-refractivity contribution is 7.47. The molecule has 0 rings (SSSR count). The molecule has 0 heterocycles. The van der Waals surface area contributed by atoms with E-state index in [0.717, 1.165) is 116 Å². The molecule has 2 unspecified atom stereocenters. The molecule has 0 aromatic heterocycles. The number of ether oxygens (including phenoxy) is 4. The highest BCUT2D eigenvalue weighted by atomic mass is 31.2. The van der Waals surface area contributed by atoms with Crippen LogP contribution in [0.4, 0.5) is 0 Å². The molecule has 5 atom stereocenters. The van der Waals surface area contributed by atoms with Gasteiger partial charge in [-0.3, -0.25) is 37.3 Å². The summed E-state index contributed by atoms with van der Waals surface area (Å²) < 4.78 is 67.9. The van der Waals surface area contributed by atoms with Gasteiger partial charge in [-0.2, -0.15) is 0 Å². The lowest BCUT2D eigenvalue weighted by Crippen LogP contribution is -2.30. The number of phosphoric acid groups is 2. The van der Waals surface area contributed by atoms with E-state index in [4.69, 9.17) is 37.0 Å². The summed E-state index contributed by atoms with van der Waals surface area (Å²) in [5.41, 5.74) is 0. The van der Waals surface area contributed by atoms with E-state index in [2.05, 4.69) is 58.9 Å². The van der Waals surface area contributed by atoms with Gasteiger partial charge in [0.05, 0.1) is 26.4 Å². The van der Waals surface area contributed by atoms with Gasteiger partial charge >= 0.3 is 39.5 Å². The second-order valence-corrected chi connectivity index (χ2v) is 27.3. The first kappa shape index (κ1) is 84.5. The predicted molar refractivity (Wildman–Crippen MR) is 349 cm³/mol. The van der Waals surface area contributed by atoms with Crippen molar-refractivity contribution in [2.75, 3.05) is 39.6 Å². The Balaban J connectivity index is 5.18. The number of phosphoric ester groups is 2. The number of rotatable bonds is 66. The molecule has 0 aliphatic heterocycles. The fourth-order valence-electron chi connectivity index (χ4n) is 9.75. The SMILES string of the molecule is CCCCCC/C=C\C=C/CCCCCCCC(=O)OC[C@H](COP(=O)(O)OC[C@@H](O)COP(=O)(O)OC[C@@H](COC(=O)CCCCCCC)OC(=O)CCCCCCCCC(C)C)OC(=O)CCCCCCCCCCCCCCCCCCCC. The van der Waals surface area contributed by atoms with Crippen LogP contribution in [0.1, 0.15) is 324 Å².